The van der Waals surface area contributed by atoms with Crippen LogP contribution in [0.1, 0.15) is 48.0 Å². The molecule has 9 heteroatoms. The summed E-state index contributed by atoms with van der Waals surface area (Å²) in [5.74, 6) is 0.474. The molecule has 2 aromatic heterocycles. The van der Waals surface area contributed by atoms with E-state index in [0.29, 0.717) is 11.8 Å². The van der Waals surface area contributed by atoms with E-state index in [-0.39, 0.29) is 23.4 Å². The number of nitrogens with two attached hydrogens (primary N) is 2. The van der Waals surface area contributed by atoms with Crippen molar-refractivity contribution in [1.29, 1.82) is 0 Å². The van der Waals surface area contributed by atoms with Gasteiger partial charge in [0, 0.05) is 42.1 Å². The molecule has 2 aromatic carbocycles. The number of amides is 1. The molecule has 2 atom stereocenters. The van der Waals surface area contributed by atoms with Gasteiger partial charge in [0.15, 0.2) is 0 Å². The molecule has 9 nitrogen and oxygen atoms in total. The lowest BCUT2D eigenvalue weighted by molar-refractivity contribution is 0.100. The van der Waals surface area contributed by atoms with E-state index in [9.17, 15) is 9.90 Å². The Kier molecular flexibility index (Phi) is 7.23. The SMILES string of the molecule is NC(=O)c1cnc(NC2CCCCC2N)nc1Nc1cccc2c1ccn2CCCc1ccc(O)cc1. The first-order valence-electron chi connectivity index (χ1n) is 12.8. The van der Waals surface area contributed by atoms with Crippen LogP contribution in [0.3, 0.4) is 0 Å². The Morgan fingerprint density at radius 3 is 2.70 bits per heavy atom. The van der Waals surface area contributed by atoms with E-state index < -0.39 is 5.91 Å². The number of carbonyl (C=O) groups excluding carboxylic acids is 1. The molecule has 0 saturated heterocycles. The van der Waals surface area contributed by atoms with Crippen molar-refractivity contribution in [3.63, 3.8) is 0 Å². The molecule has 1 amide bonds. The standard InChI is InChI=1S/C28H33N7O2/c29-22-6-1-2-7-24(22)33-28-31-17-21(26(30)37)27(34-28)32-23-8-3-9-25-20(23)14-16-35(25)15-4-5-18-10-12-19(36)13-11-18/h3,8-14,16-17,22,24,36H,1-2,4-7,15,29H2,(H2,30,37)(H2,31,32,33,34). The molecule has 4 aromatic rings. The summed E-state index contributed by atoms with van der Waals surface area (Å²) >= 11 is 0. The van der Waals surface area contributed by atoms with Crippen molar-refractivity contribution in [2.75, 3.05) is 10.6 Å². The monoisotopic (exact) mass is 499 g/mol. The van der Waals surface area contributed by atoms with Gasteiger partial charge in [-0.25, -0.2) is 4.98 Å². The van der Waals surface area contributed by atoms with E-state index in [1.165, 1.54) is 11.8 Å². The van der Waals surface area contributed by atoms with E-state index in [1.54, 1.807) is 12.1 Å². The molecule has 37 heavy (non-hydrogen) atoms. The van der Waals surface area contributed by atoms with Crippen molar-refractivity contribution in [2.45, 2.75) is 57.2 Å². The molecular weight excluding hydrogens is 466 g/mol. The number of phenolic OH excluding ortho intramolecular Hbond substituents is 1. The van der Waals surface area contributed by atoms with Crippen LogP contribution in [0.5, 0.6) is 5.75 Å². The number of rotatable bonds is 9. The Hall–Kier alpha value is -4.11. The number of phenols is 1. The maximum absolute atomic E-state index is 12.1. The molecule has 0 bridgehead atoms. The summed E-state index contributed by atoms with van der Waals surface area (Å²) in [6.07, 6.45) is 9.59. The highest BCUT2D eigenvalue weighted by atomic mass is 16.3. The third-order valence-electron chi connectivity index (χ3n) is 7.06. The van der Waals surface area contributed by atoms with Gasteiger partial charge in [0.1, 0.15) is 17.1 Å². The van der Waals surface area contributed by atoms with Crippen molar-refractivity contribution in [2.24, 2.45) is 11.5 Å². The van der Waals surface area contributed by atoms with E-state index in [4.69, 9.17) is 11.5 Å². The number of aromatic hydroxyl groups is 1. The van der Waals surface area contributed by atoms with Gasteiger partial charge in [-0.1, -0.05) is 31.0 Å². The van der Waals surface area contributed by atoms with E-state index in [2.05, 4.69) is 43.5 Å². The van der Waals surface area contributed by atoms with Gasteiger partial charge in [0.2, 0.25) is 5.95 Å². The molecule has 192 valence electrons. The number of hydrogen-bond acceptors (Lipinski definition) is 7. The maximum Gasteiger partial charge on any atom is 0.254 e. The Morgan fingerprint density at radius 1 is 1.11 bits per heavy atom. The number of aromatic nitrogens is 3. The molecule has 2 heterocycles. The zero-order chi connectivity index (χ0) is 25.8. The number of nitrogens with zero attached hydrogens (tertiary/aromatic N) is 3. The maximum atomic E-state index is 12.1. The lowest BCUT2D eigenvalue weighted by Crippen LogP contribution is -2.43. The van der Waals surface area contributed by atoms with Gasteiger partial charge >= 0.3 is 0 Å². The Morgan fingerprint density at radius 2 is 1.92 bits per heavy atom. The van der Waals surface area contributed by atoms with Gasteiger partial charge in [-0.15, -0.1) is 0 Å². The van der Waals surface area contributed by atoms with Crippen LogP contribution in [0.4, 0.5) is 17.5 Å². The summed E-state index contributed by atoms with van der Waals surface area (Å²) in [6, 6.07) is 15.6. The van der Waals surface area contributed by atoms with Crippen molar-refractivity contribution in [3.8, 4) is 5.75 Å². The van der Waals surface area contributed by atoms with Gasteiger partial charge in [-0.05, 0) is 61.6 Å². The number of benzene rings is 2. The molecule has 1 aliphatic carbocycles. The molecule has 0 radical (unpaired) electrons. The van der Waals surface area contributed by atoms with Crippen molar-refractivity contribution in [1.82, 2.24) is 14.5 Å². The fourth-order valence-electron chi connectivity index (χ4n) is 5.00. The minimum absolute atomic E-state index is 0.0483. The molecule has 2 unspecified atom stereocenters. The second-order valence-electron chi connectivity index (χ2n) is 9.66. The third-order valence-corrected chi connectivity index (χ3v) is 7.06. The fourth-order valence-corrected chi connectivity index (χ4v) is 5.00. The van der Waals surface area contributed by atoms with Crippen molar-refractivity contribution < 1.29 is 9.90 Å². The zero-order valence-electron chi connectivity index (χ0n) is 20.7. The molecule has 7 N–H and O–H groups in total. The Labute approximate surface area is 215 Å². The topological polar surface area (TPSA) is 144 Å². The van der Waals surface area contributed by atoms with Crippen LogP contribution in [0.15, 0.2) is 60.9 Å². The smallest absolute Gasteiger partial charge is 0.254 e. The molecule has 5 rings (SSSR count). The summed E-state index contributed by atoms with van der Waals surface area (Å²) < 4.78 is 2.22. The Bertz CT molecular complexity index is 1380. The summed E-state index contributed by atoms with van der Waals surface area (Å²) in [4.78, 5) is 21.1. The normalized spacial score (nSPS) is 17.5. The number of hydrogen-bond donors (Lipinski definition) is 5. The molecule has 1 saturated carbocycles. The van der Waals surface area contributed by atoms with Gasteiger partial charge in [0.25, 0.3) is 5.91 Å². The van der Waals surface area contributed by atoms with Gasteiger partial charge < -0.3 is 31.8 Å². The number of nitrogens with one attached hydrogen (secondary N) is 2. The quantitative estimate of drug-likeness (QED) is 0.231. The molecule has 0 spiro atoms. The Balaban J connectivity index is 1.34. The fraction of sp³-hybridized carbons (Fsp3) is 0.321. The van der Waals surface area contributed by atoms with Gasteiger partial charge in [-0.2, -0.15) is 4.98 Å². The minimum atomic E-state index is -0.595. The summed E-state index contributed by atoms with van der Waals surface area (Å²) in [7, 11) is 0. The summed E-state index contributed by atoms with van der Waals surface area (Å²) in [6.45, 7) is 0.851. The summed E-state index contributed by atoms with van der Waals surface area (Å²) in [5, 5.41) is 17.2. The first-order chi connectivity index (χ1) is 18.0. The van der Waals surface area contributed by atoms with Gasteiger partial charge in [0.05, 0.1) is 5.52 Å². The summed E-state index contributed by atoms with van der Waals surface area (Å²) in [5.41, 5.74) is 15.2. The largest absolute Gasteiger partial charge is 0.508 e. The predicted molar refractivity (Wildman–Crippen MR) is 146 cm³/mol. The number of aryl methyl sites for hydroxylation is 2. The highest BCUT2D eigenvalue weighted by Crippen LogP contribution is 2.29. The average Bonchev–Trinajstić information content (AvgIpc) is 3.31. The zero-order valence-corrected chi connectivity index (χ0v) is 20.7. The van der Waals surface area contributed by atoms with Crippen LogP contribution >= 0.6 is 0 Å². The average molecular weight is 500 g/mol. The first-order valence-corrected chi connectivity index (χ1v) is 12.8. The molecular formula is C28H33N7O2. The second-order valence-corrected chi connectivity index (χ2v) is 9.66. The second kappa shape index (κ2) is 10.9. The number of anilines is 3. The van der Waals surface area contributed by atoms with Crippen LogP contribution in [0, 0.1) is 0 Å². The van der Waals surface area contributed by atoms with Crippen LogP contribution in [-0.4, -0.2) is 37.6 Å². The molecule has 1 aliphatic rings. The minimum Gasteiger partial charge on any atom is -0.508 e. The van der Waals surface area contributed by atoms with Crippen LogP contribution in [0.25, 0.3) is 10.9 Å². The highest BCUT2D eigenvalue weighted by molar-refractivity contribution is 6.00. The van der Waals surface area contributed by atoms with Crippen LogP contribution < -0.4 is 22.1 Å². The van der Waals surface area contributed by atoms with E-state index in [0.717, 1.165) is 61.7 Å². The van der Waals surface area contributed by atoms with Gasteiger partial charge in [-0.3, -0.25) is 4.79 Å². The van der Waals surface area contributed by atoms with Crippen molar-refractivity contribution >= 4 is 34.3 Å². The molecule has 1 fully saturated rings. The predicted octanol–water partition coefficient (Wildman–Crippen LogP) is 4.29. The molecule has 0 aliphatic heterocycles. The lowest BCUT2D eigenvalue weighted by atomic mass is 9.91. The van der Waals surface area contributed by atoms with E-state index >= 15 is 0 Å². The number of fused-ring (bicyclic) bond motifs is 1. The third kappa shape index (κ3) is 5.67. The highest BCUT2D eigenvalue weighted by Gasteiger charge is 2.23. The number of primary amides is 1. The lowest BCUT2D eigenvalue weighted by Gasteiger charge is -2.29. The van der Waals surface area contributed by atoms with Crippen molar-refractivity contribution in [3.05, 3.63) is 72.1 Å². The first kappa shape index (κ1) is 24.6. The van der Waals surface area contributed by atoms with E-state index in [1.807, 2.05) is 24.3 Å². The number of carbonyl (C=O) groups is 1. The van der Waals surface area contributed by atoms with Crippen LogP contribution in [0.2, 0.25) is 0 Å². The van der Waals surface area contributed by atoms with Crippen LogP contribution in [-0.2, 0) is 13.0 Å².